The highest BCUT2D eigenvalue weighted by Crippen LogP contribution is 2.36. The molecule has 1 heterocycles. The van der Waals surface area contributed by atoms with E-state index >= 15 is 0 Å². The number of esters is 1. The maximum absolute atomic E-state index is 11.3. The molecule has 0 radical (unpaired) electrons. The number of hydrogen-bond acceptors (Lipinski definition) is 4. The Morgan fingerprint density at radius 1 is 1.41 bits per heavy atom. The largest absolute Gasteiger partial charge is 0.463 e. The van der Waals surface area contributed by atoms with Crippen molar-refractivity contribution in [2.45, 2.75) is 52.4 Å². The van der Waals surface area contributed by atoms with Crippen LogP contribution in [0.2, 0.25) is 18.1 Å². The van der Waals surface area contributed by atoms with Gasteiger partial charge in [0, 0.05) is 25.0 Å². The van der Waals surface area contributed by atoms with Crippen LogP contribution in [0.3, 0.4) is 0 Å². The Balaban J connectivity index is 2.59. The number of rotatable bonds is 7. The number of carbonyl (C=O) groups is 1. The molecule has 0 N–H and O–H groups in total. The Hall–Kier alpha value is -1.40. The van der Waals surface area contributed by atoms with Crippen LogP contribution in [0.4, 0.5) is 0 Å². The van der Waals surface area contributed by atoms with Gasteiger partial charge in [0.25, 0.3) is 0 Å². The van der Waals surface area contributed by atoms with Crippen molar-refractivity contribution in [1.29, 1.82) is 0 Å². The molecule has 0 aliphatic heterocycles. The first kappa shape index (κ1) is 18.6. The van der Waals surface area contributed by atoms with E-state index in [-0.39, 0.29) is 11.0 Å². The lowest BCUT2D eigenvalue weighted by molar-refractivity contribution is -0.137. The van der Waals surface area contributed by atoms with Crippen molar-refractivity contribution in [3.63, 3.8) is 0 Å². The van der Waals surface area contributed by atoms with E-state index < -0.39 is 8.32 Å². The second kappa shape index (κ2) is 7.74. The van der Waals surface area contributed by atoms with Gasteiger partial charge in [-0.2, -0.15) is 0 Å². The van der Waals surface area contributed by atoms with Crippen molar-refractivity contribution in [1.82, 2.24) is 9.55 Å². The molecule has 0 aliphatic rings. The summed E-state index contributed by atoms with van der Waals surface area (Å²) in [6, 6.07) is 0. The maximum Gasteiger partial charge on any atom is 0.330 e. The SMILES string of the molecule is CCOC(=O)/C=C/c1nccn1CCO[Si](C)(C)C(C)(C)C. The number of nitrogens with zero attached hydrogens (tertiary/aromatic N) is 2. The number of hydrogen-bond donors (Lipinski definition) is 0. The van der Waals surface area contributed by atoms with Gasteiger partial charge >= 0.3 is 5.97 Å². The summed E-state index contributed by atoms with van der Waals surface area (Å²) in [6.07, 6.45) is 6.68. The topological polar surface area (TPSA) is 53.3 Å². The lowest BCUT2D eigenvalue weighted by atomic mass is 10.2. The summed E-state index contributed by atoms with van der Waals surface area (Å²) in [5.74, 6) is 0.376. The maximum atomic E-state index is 11.3. The van der Waals surface area contributed by atoms with Gasteiger partial charge in [0.15, 0.2) is 8.32 Å². The average molecular weight is 324 g/mol. The molecule has 0 unspecified atom stereocenters. The predicted molar refractivity (Wildman–Crippen MR) is 91.0 cm³/mol. The lowest BCUT2D eigenvalue weighted by Crippen LogP contribution is -2.41. The summed E-state index contributed by atoms with van der Waals surface area (Å²) in [7, 11) is -1.73. The number of imidazole rings is 1. The van der Waals surface area contributed by atoms with Gasteiger partial charge in [-0.15, -0.1) is 0 Å². The first-order valence-corrected chi connectivity index (χ1v) is 10.6. The van der Waals surface area contributed by atoms with Crippen LogP contribution < -0.4 is 0 Å². The molecule has 0 atom stereocenters. The molecular weight excluding hydrogens is 296 g/mol. The van der Waals surface area contributed by atoms with Gasteiger partial charge in [-0.05, 0) is 31.1 Å². The molecule has 6 heteroatoms. The van der Waals surface area contributed by atoms with E-state index in [2.05, 4.69) is 38.8 Å². The molecule has 22 heavy (non-hydrogen) atoms. The molecule has 5 nitrogen and oxygen atoms in total. The zero-order valence-electron chi connectivity index (χ0n) is 14.5. The Kier molecular flexibility index (Phi) is 6.56. The molecule has 1 aromatic rings. The van der Waals surface area contributed by atoms with Gasteiger partial charge in [-0.3, -0.25) is 0 Å². The molecule has 1 rings (SSSR count). The highest BCUT2D eigenvalue weighted by atomic mass is 28.4. The molecule has 0 bridgehead atoms. The fourth-order valence-corrected chi connectivity index (χ4v) is 2.65. The van der Waals surface area contributed by atoms with Gasteiger partial charge in [-0.25, -0.2) is 9.78 Å². The van der Waals surface area contributed by atoms with E-state index in [1.807, 2.05) is 10.8 Å². The van der Waals surface area contributed by atoms with Crippen LogP contribution in [0.1, 0.15) is 33.5 Å². The number of carbonyl (C=O) groups excluding carboxylic acids is 1. The molecular formula is C16H28N2O3Si. The van der Waals surface area contributed by atoms with E-state index in [9.17, 15) is 4.79 Å². The first-order chi connectivity index (χ1) is 10.2. The van der Waals surface area contributed by atoms with Crippen molar-refractivity contribution >= 4 is 20.4 Å². The smallest absolute Gasteiger partial charge is 0.330 e. The summed E-state index contributed by atoms with van der Waals surface area (Å²) in [5.41, 5.74) is 0. The van der Waals surface area contributed by atoms with Crippen LogP contribution in [-0.4, -0.2) is 37.1 Å². The summed E-state index contributed by atoms with van der Waals surface area (Å²) in [5, 5.41) is 0.203. The minimum absolute atomic E-state index is 0.203. The second-order valence-electron chi connectivity index (χ2n) is 6.67. The van der Waals surface area contributed by atoms with Crippen molar-refractivity contribution in [3.8, 4) is 0 Å². The molecule has 0 saturated heterocycles. The zero-order valence-corrected chi connectivity index (χ0v) is 15.5. The molecule has 0 saturated carbocycles. The van der Waals surface area contributed by atoms with Crippen LogP contribution in [0, 0.1) is 0 Å². The average Bonchev–Trinajstić information content (AvgIpc) is 2.83. The van der Waals surface area contributed by atoms with Crippen LogP contribution in [0.5, 0.6) is 0 Å². The molecule has 0 spiro atoms. The molecule has 124 valence electrons. The summed E-state index contributed by atoms with van der Waals surface area (Å²) in [4.78, 5) is 15.6. The van der Waals surface area contributed by atoms with Gasteiger partial charge in [0.2, 0.25) is 0 Å². The Labute approximate surface area is 134 Å². The summed E-state index contributed by atoms with van der Waals surface area (Å²) < 4.78 is 13.0. The van der Waals surface area contributed by atoms with E-state index in [1.165, 1.54) is 6.08 Å². The van der Waals surface area contributed by atoms with Crippen molar-refractivity contribution in [2.24, 2.45) is 0 Å². The Morgan fingerprint density at radius 3 is 2.68 bits per heavy atom. The number of ether oxygens (including phenoxy) is 1. The summed E-state index contributed by atoms with van der Waals surface area (Å²) >= 11 is 0. The quantitative estimate of drug-likeness (QED) is 0.438. The van der Waals surface area contributed by atoms with Gasteiger partial charge < -0.3 is 13.7 Å². The highest BCUT2D eigenvalue weighted by molar-refractivity contribution is 6.74. The monoisotopic (exact) mass is 324 g/mol. The molecule has 0 aliphatic carbocycles. The van der Waals surface area contributed by atoms with E-state index in [4.69, 9.17) is 9.16 Å². The van der Waals surface area contributed by atoms with Gasteiger partial charge in [0.05, 0.1) is 13.2 Å². The highest BCUT2D eigenvalue weighted by Gasteiger charge is 2.36. The van der Waals surface area contributed by atoms with E-state index in [0.29, 0.717) is 13.2 Å². The van der Waals surface area contributed by atoms with Gasteiger partial charge in [-0.1, -0.05) is 20.8 Å². The third-order valence-corrected chi connectivity index (χ3v) is 8.54. The minimum atomic E-state index is -1.73. The third-order valence-electron chi connectivity index (χ3n) is 4.00. The van der Waals surface area contributed by atoms with Crippen LogP contribution in [0.25, 0.3) is 6.08 Å². The first-order valence-electron chi connectivity index (χ1n) is 7.67. The second-order valence-corrected chi connectivity index (χ2v) is 11.5. The fraction of sp³-hybridized carbons (Fsp3) is 0.625. The Bertz CT molecular complexity index is 516. The van der Waals surface area contributed by atoms with Crippen LogP contribution in [0.15, 0.2) is 18.5 Å². The predicted octanol–water partition coefficient (Wildman–Crippen LogP) is 3.48. The molecule has 1 aromatic heterocycles. The van der Waals surface area contributed by atoms with Crippen molar-refractivity contribution < 1.29 is 14.0 Å². The lowest BCUT2D eigenvalue weighted by Gasteiger charge is -2.36. The summed E-state index contributed by atoms with van der Waals surface area (Å²) in [6.45, 7) is 14.7. The number of aromatic nitrogens is 2. The van der Waals surface area contributed by atoms with Crippen LogP contribution >= 0.6 is 0 Å². The fourth-order valence-electron chi connectivity index (χ4n) is 1.62. The van der Waals surface area contributed by atoms with E-state index in [1.54, 1.807) is 19.2 Å². The Morgan fingerprint density at radius 2 is 2.09 bits per heavy atom. The van der Waals surface area contributed by atoms with Gasteiger partial charge in [0.1, 0.15) is 5.82 Å². The zero-order chi connectivity index (χ0) is 16.8. The standard InChI is InChI=1S/C16H28N2O3Si/c1-7-20-15(19)9-8-14-17-10-11-18(14)12-13-21-22(5,6)16(2,3)4/h8-11H,7,12-13H2,1-6H3/b9-8+. The van der Waals surface area contributed by atoms with Crippen LogP contribution in [-0.2, 0) is 20.5 Å². The minimum Gasteiger partial charge on any atom is -0.463 e. The molecule has 0 amide bonds. The normalized spacial score (nSPS) is 12.8. The molecule has 0 aromatic carbocycles. The molecule has 0 fully saturated rings. The van der Waals surface area contributed by atoms with Crippen molar-refractivity contribution in [3.05, 3.63) is 24.3 Å². The third kappa shape index (κ3) is 5.42. The van der Waals surface area contributed by atoms with E-state index in [0.717, 1.165) is 12.4 Å². The van der Waals surface area contributed by atoms with Crippen molar-refractivity contribution in [2.75, 3.05) is 13.2 Å².